The second kappa shape index (κ2) is 5.77. The van der Waals surface area contributed by atoms with Crippen molar-refractivity contribution in [3.05, 3.63) is 29.8 Å². The van der Waals surface area contributed by atoms with E-state index in [0.29, 0.717) is 5.16 Å². The molecule has 0 aliphatic carbocycles. The summed E-state index contributed by atoms with van der Waals surface area (Å²) >= 11 is 1.46. The van der Waals surface area contributed by atoms with E-state index in [1.807, 2.05) is 20.8 Å². The molecule has 6 heteroatoms. The molecule has 2 aromatic heterocycles. The van der Waals surface area contributed by atoms with E-state index in [1.54, 1.807) is 18.5 Å². The molecule has 0 fully saturated rings. The quantitative estimate of drug-likeness (QED) is 0.674. The van der Waals surface area contributed by atoms with Crippen LogP contribution in [0.3, 0.4) is 0 Å². The summed E-state index contributed by atoms with van der Waals surface area (Å²) in [7, 11) is 0. The highest BCUT2D eigenvalue weighted by Gasteiger charge is 2.11. The van der Waals surface area contributed by atoms with Crippen molar-refractivity contribution >= 4 is 17.6 Å². The molecule has 0 aliphatic heterocycles. The predicted molar refractivity (Wildman–Crippen MR) is 71.8 cm³/mol. The van der Waals surface area contributed by atoms with Gasteiger partial charge >= 0.3 is 0 Å². The lowest BCUT2D eigenvalue weighted by Gasteiger charge is -2.10. The molecular formula is C12H15N5S. The standard InChI is InChI=1S/C12H15N5S/c1-4-13-10-8(2)11(17-9(3)16-10)18-12-14-6-5-7-15-12/h5-7H,4H2,1-3H3,(H,13,16,17). The molecule has 0 amide bonds. The van der Waals surface area contributed by atoms with Crippen LogP contribution in [0.25, 0.3) is 0 Å². The van der Waals surface area contributed by atoms with E-state index in [0.717, 1.165) is 28.8 Å². The van der Waals surface area contributed by atoms with Gasteiger partial charge < -0.3 is 5.32 Å². The number of anilines is 1. The average Bonchev–Trinajstić information content (AvgIpc) is 2.36. The SMILES string of the molecule is CCNc1nc(C)nc(Sc2ncccn2)c1C. The molecule has 5 nitrogen and oxygen atoms in total. The molecule has 0 radical (unpaired) electrons. The zero-order chi connectivity index (χ0) is 13.0. The van der Waals surface area contributed by atoms with Crippen molar-refractivity contribution in [2.45, 2.75) is 31.0 Å². The number of aromatic nitrogens is 4. The van der Waals surface area contributed by atoms with Crippen molar-refractivity contribution in [1.29, 1.82) is 0 Å². The Kier molecular flexibility index (Phi) is 4.09. The van der Waals surface area contributed by atoms with Gasteiger partial charge in [-0.1, -0.05) is 0 Å². The zero-order valence-electron chi connectivity index (χ0n) is 10.6. The van der Waals surface area contributed by atoms with Crippen LogP contribution in [-0.4, -0.2) is 26.5 Å². The first-order valence-electron chi connectivity index (χ1n) is 5.74. The molecule has 0 saturated carbocycles. The normalized spacial score (nSPS) is 10.4. The molecule has 2 heterocycles. The lowest BCUT2D eigenvalue weighted by molar-refractivity contribution is 0.915. The monoisotopic (exact) mass is 261 g/mol. The molecule has 0 bridgehead atoms. The van der Waals surface area contributed by atoms with Crippen molar-refractivity contribution in [3.8, 4) is 0 Å². The van der Waals surface area contributed by atoms with Crippen molar-refractivity contribution in [1.82, 2.24) is 19.9 Å². The van der Waals surface area contributed by atoms with Crippen LogP contribution in [0.2, 0.25) is 0 Å². The lowest BCUT2D eigenvalue weighted by atomic mass is 10.3. The van der Waals surface area contributed by atoms with Gasteiger partial charge in [0, 0.05) is 24.5 Å². The van der Waals surface area contributed by atoms with Crippen LogP contribution in [0.4, 0.5) is 5.82 Å². The van der Waals surface area contributed by atoms with E-state index in [2.05, 4.69) is 25.3 Å². The fourth-order valence-electron chi connectivity index (χ4n) is 1.47. The summed E-state index contributed by atoms with van der Waals surface area (Å²) in [6, 6.07) is 1.80. The van der Waals surface area contributed by atoms with Crippen LogP contribution in [0.15, 0.2) is 28.6 Å². The van der Waals surface area contributed by atoms with E-state index in [9.17, 15) is 0 Å². The van der Waals surface area contributed by atoms with Crippen LogP contribution in [0.5, 0.6) is 0 Å². The van der Waals surface area contributed by atoms with Crippen molar-refractivity contribution in [3.63, 3.8) is 0 Å². The molecular weight excluding hydrogens is 246 g/mol. The largest absolute Gasteiger partial charge is 0.370 e. The molecule has 0 aromatic carbocycles. The van der Waals surface area contributed by atoms with Crippen molar-refractivity contribution in [2.75, 3.05) is 11.9 Å². The van der Waals surface area contributed by atoms with Crippen LogP contribution in [0.1, 0.15) is 18.3 Å². The van der Waals surface area contributed by atoms with Gasteiger partial charge in [-0.2, -0.15) is 0 Å². The third-order valence-corrected chi connectivity index (χ3v) is 3.27. The summed E-state index contributed by atoms with van der Waals surface area (Å²) in [4.78, 5) is 17.2. The molecule has 0 saturated heterocycles. The Labute approximate surface area is 110 Å². The fourth-order valence-corrected chi connectivity index (χ4v) is 2.29. The maximum atomic E-state index is 4.44. The summed E-state index contributed by atoms with van der Waals surface area (Å²) in [5.41, 5.74) is 1.03. The first kappa shape index (κ1) is 12.8. The summed E-state index contributed by atoms with van der Waals surface area (Å²) in [5.74, 6) is 1.62. The Balaban J connectivity index is 2.33. The summed E-state index contributed by atoms with van der Waals surface area (Å²) in [6.45, 7) is 6.77. The van der Waals surface area contributed by atoms with E-state index in [1.165, 1.54) is 11.8 Å². The van der Waals surface area contributed by atoms with Gasteiger partial charge in [-0.25, -0.2) is 19.9 Å². The van der Waals surface area contributed by atoms with E-state index < -0.39 is 0 Å². The number of nitrogens with one attached hydrogen (secondary N) is 1. The number of rotatable bonds is 4. The van der Waals surface area contributed by atoms with Gasteiger partial charge in [0.25, 0.3) is 0 Å². The van der Waals surface area contributed by atoms with Crippen LogP contribution in [0, 0.1) is 13.8 Å². The minimum absolute atomic E-state index is 0.696. The fraction of sp³-hybridized carbons (Fsp3) is 0.333. The molecule has 2 rings (SSSR count). The Morgan fingerprint density at radius 2 is 1.89 bits per heavy atom. The maximum absolute atomic E-state index is 4.44. The molecule has 2 aromatic rings. The Bertz CT molecular complexity index is 529. The first-order chi connectivity index (χ1) is 8.70. The summed E-state index contributed by atoms with van der Waals surface area (Å²) < 4.78 is 0. The molecule has 0 aliphatic rings. The number of hydrogen-bond acceptors (Lipinski definition) is 6. The molecule has 0 spiro atoms. The van der Waals surface area contributed by atoms with E-state index >= 15 is 0 Å². The first-order valence-corrected chi connectivity index (χ1v) is 6.56. The van der Waals surface area contributed by atoms with Gasteiger partial charge in [-0.05, 0) is 38.6 Å². The smallest absolute Gasteiger partial charge is 0.193 e. The molecule has 0 unspecified atom stereocenters. The highest BCUT2D eigenvalue weighted by Crippen LogP contribution is 2.28. The summed E-state index contributed by atoms with van der Waals surface area (Å²) in [6.07, 6.45) is 3.45. The van der Waals surface area contributed by atoms with Gasteiger partial charge in [0.05, 0.1) is 0 Å². The van der Waals surface area contributed by atoms with Gasteiger partial charge in [-0.15, -0.1) is 0 Å². The van der Waals surface area contributed by atoms with E-state index in [-0.39, 0.29) is 0 Å². The van der Waals surface area contributed by atoms with Crippen LogP contribution < -0.4 is 5.32 Å². The Hall–Kier alpha value is -1.69. The van der Waals surface area contributed by atoms with Gasteiger partial charge in [0.2, 0.25) is 0 Å². The minimum Gasteiger partial charge on any atom is -0.370 e. The minimum atomic E-state index is 0.696. The zero-order valence-corrected chi connectivity index (χ0v) is 11.5. The van der Waals surface area contributed by atoms with Crippen LogP contribution in [-0.2, 0) is 0 Å². The Morgan fingerprint density at radius 3 is 2.56 bits per heavy atom. The van der Waals surface area contributed by atoms with Gasteiger partial charge in [0.15, 0.2) is 5.16 Å². The van der Waals surface area contributed by atoms with E-state index in [4.69, 9.17) is 0 Å². The molecule has 0 atom stereocenters. The second-order valence-electron chi connectivity index (χ2n) is 3.71. The number of hydrogen-bond donors (Lipinski definition) is 1. The van der Waals surface area contributed by atoms with Gasteiger partial charge in [0.1, 0.15) is 16.7 Å². The maximum Gasteiger partial charge on any atom is 0.193 e. The van der Waals surface area contributed by atoms with Crippen molar-refractivity contribution < 1.29 is 0 Å². The molecule has 94 valence electrons. The summed E-state index contributed by atoms with van der Waals surface area (Å²) in [5, 5.41) is 4.83. The lowest BCUT2D eigenvalue weighted by Crippen LogP contribution is -2.05. The van der Waals surface area contributed by atoms with Gasteiger partial charge in [-0.3, -0.25) is 0 Å². The van der Waals surface area contributed by atoms with Crippen LogP contribution >= 0.6 is 11.8 Å². The number of aryl methyl sites for hydroxylation is 1. The average molecular weight is 261 g/mol. The predicted octanol–water partition coefficient (Wildman–Crippen LogP) is 2.47. The second-order valence-corrected chi connectivity index (χ2v) is 4.67. The third-order valence-electron chi connectivity index (χ3n) is 2.29. The Morgan fingerprint density at radius 1 is 1.17 bits per heavy atom. The highest BCUT2D eigenvalue weighted by molar-refractivity contribution is 7.99. The van der Waals surface area contributed by atoms with Crippen molar-refractivity contribution in [2.24, 2.45) is 0 Å². The third kappa shape index (κ3) is 2.95. The molecule has 1 N–H and O–H groups in total. The highest BCUT2D eigenvalue weighted by atomic mass is 32.2. The topological polar surface area (TPSA) is 63.6 Å². The molecule has 18 heavy (non-hydrogen) atoms. The number of nitrogens with zero attached hydrogens (tertiary/aromatic N) is 4.